The monoisotopic (exact) mass is 319 g/mol. The standard InChI is InChI=1S/C14H20F3N3O2/c1-18-13(19-7-6-14(15,16)17)20-8-9-22-12-5-3-4-11(10-12)21-2/h3-5,10H,6-9H2,1-2H3,(H2,18,19,20). The first-order valence-electron chi connectivity index (χ1n) is 6.72. The van der Waals surface area contributed by atoms with Crippen molar-refractivity contribution in [1.82, 2.24) is 10.6 Å². The fourth-order valence-corrected chi connectivity index (χ4v) is 1.57. The number of aliphatic imine (C=N–C) groups is 1. The molecule has 0 amide bonds. The number of nitrogens with zero attached hydrogens (tertiary/aromatic N) is 1. The van der Waals surface area contributed by atoms with Gasteiger partial charge in [0.15, 0.2) is 5.96 Å². The lowest BCUT2D eigenvalue weighted by Gasteiger charge is -2.13. The Kier molecular flexibility index (Phi) is 7.34. The highest BCUT2D eigenvalue weighted by Crippen LogP contribution is 2.19. The predicted octanol–water partition coefficient (Wildman–Crippen LogP) is 2.19. The summed E-state index contributed by atoms with van der Waals surface area (Å²) in [6, 6.07) is 7.14. The molecule has 22 heavy (non-hydrogen) atoms. The third-order valence-electron chi connectivity index (χ3n) is 2.63. The van der Waals surface area contributed by atoms with Crippen molar-refractivity contribution >= 4 is 5.96 Å². The molecule has 0 aliphatic rings. The smallest absolute Gasteiger partial charge is 0.390 e. The minimum atomic E-state index is -4.18. The van der Waals surface area contributed by atoms with Crippen LogP contribution < -0.4 is 20.1 Å². The Hall–Kier alpha value is -2.12. The molecule has 0 atom stereocenters. The molecular formula is C14H20F3N3O2. The maximum Gasteiger partial charge on any atom is 0.390 e. The molecule has 1 aromatic rings. The van der Waals surface area contributed by atoms with Gasteiger partial charge >= 0.3 is 6.18 Å². The number of hydrogen-bond acceptors (Lipinski definition) is 3. The fraction of sp³-hybridized carbons (Fsp3) is 0.500. The summed E-state index contributed by atoms with van der Waals surface area (Å²) in [5, 5.41) is 5.46. The largest absolute Gasteiger partial charge is 0.497 e. The van der Waals surface area contributed by atoms with Crippen LogP contribution in [-0.4, -0.2) is 46.0 Å². The van der Waals surface area contributed by atoms with Gasteiger partial charge in [-0.05, 0) is 12.1 Å². The molecule has 124 valence electrons. The highest BCUT2D eigenvalue weighted by atomic mass is 19.4. The van der Waals surface area contributed by atoms with Gasteiger partial charge in [-0.2, -0.15) is 13.2 Å². The second kappa shape index (κ2) is 9.01. The van der Waals surface area contributed by atoms with Crippen molar-refractivity contribution < 1.29 is 22.6 Å². The summed E-state index contributed by atoms with van der Waals surface area (Å²) in [5.74, 6) is 1.65. The van der Waals surface area contributed by atoms with Crippen LogP contribution in [0.2, 0.25) is 0 Å². The molecule has 0 aromatic heterocycles. The molecule has 5 nitrogen and oxygen atoms in total. The zero-order chi connectivity index (χ0) is 16.4. The number of alkyl halides is 3. The molecule has 0 unspecified atom stereocenters. The van der Waals surface area contributed by atoms with E-state index in [1.54, 1.807) is 31.4 Å². The van der Waals surface area contributed by atoms with Crippen molar-refractivity contribution in [1.29, 1.82) is 0 Å². The number of methoxy groups -OCH3 is 1. The van der Waals surface area contributed by atoms with E-state index in [1.807, 2.05) is 0 Å². The van der Waals surface area contributed by atoms with Crippen LogP contribution in [0.5, 0.6) is 11.5 Å². The molecule has 0 saturated heterocycles. The van der Waals surface area contributed by atoms with Crippen LogP contribution in [0.3, 0.4) is 0 Å². The summed E-state index contributed by atoms with van der Waals surface area (Å²) in [6.07, 6.45) is -5.09. The van der Waals surface area contributed by atoms with E-state index < -0.39 is 12.6 Å². The van der Waals surface area contributed by atoms with Gasteiger partial charge in [-0.3, -0.25) is 4.99 Å². The van der Waals surface area contributed by atoms with Crippen molar-refractivity contribution in [2.45, 2.75) is 12.6 Å². The Balaban J connectivity index is 2.24. The zero-order valence-electron chi connectivity index (χ0n) is 12.5. The van der Waals surface area contributed by atoms with E-state index in [2.05, 4.69) is 15.6 Å². The van der Waals surface area contributed by atoms with Gasteiger partial charge < -0.3 is 20.1 Å². The summed E-state index contributed by atoms with van der Waals surface area (Å²) in [5.41, 5.74) is 0. The van der Waals surface area contributed by atoms with Crippen LogP contribution in [0.1, 0.15) is 6.42 Å². The van der Waals surface area contributed by atoms with Gasteiger partial charge in [0.25, 0.3) is 0 Å². The van der Waals surface area contributed by atoms with Crippen molar-refractivity contribution in [2.24, 2.45) is 4.99 Å². The predicted molar refractivity (Wildman–Crippen MR) is 78.5 cm³/mol. The van der Waals surface area contributed by atoms with Crippen LogP contribution >= 0.6 is 0 Å². The fourth-order valence-electron chi connectivity index (χ4n) is 1.57. The maximum absolute atomic E-state index is 12.0. The average molecular weight is 319 g/mol. The first kappa shape index (κ1) is 17.9. The molecular weight excluding hydrogens is 299 g/mol. The van der Waals surface area contributed by atoms with Crippen molar-refractivity contribution in [3.8, 4) is 11.5 Å². The van der Waals surface area contributed by atoms with Gasteiger partial charge in [-0.25, -0.2) is 0 Å². The number of guanidine groups is 1. The molecule has 0 aliphatic heterocycles. The second-order valence-electron chi connectivity index (χ2n) is 4.32. The molecule has 0 spiro atoms. The van der Waals surface area contributed by atoms with E-state index in [0.29, 0.717) is 30.6 Å². The Morgan fingerprint density at radius 2 is 1.86 bits per heavy atom. The van der Waals surface area contributed by atoms with Crippen LogP contribution in [0.25, 0.3) is 0 Å². The van der Waals surface area contributed by atoms with E-state index in [9.17, 15) is 13.2 Å². The number of halogens is 3. The van der Waals surface area contributed by atoms with Crippen molar-refractivity contribution in [3.63, 3.8) is 0 Å². The average Bonchev–Trinajstić information content (AvgIpc) is 2.48. The maximum atomic E-state index is 12.0. The molecule has 1 aromatic carbocycles. The number of ether oxygens (including phenoxy) is 2. The zero-order valence-corrected chi connectivity index (χ0v) is 12.5. The molecule has 2 N–H and O–H groups in total. The van der Waals surface area contributed by atoms with E-state index in [-0.39, 0.29) is 6.54 Å². The molecule has 0 aliphatic carbocycles. The van der Waals surface area contributed by atoms with Crippen LogP contribution in [0, 0.1) is 0 Å². The van der Waals surface area contributed by atoms with Crippen LogP contribution in [0.15, 0.2) is 29.3 Å². The number of benzene rings is 1. The summed E-state index contributed by atoms with van der Waals surface area (Å²) < 4.78 is 46.7. The van der Waals surface area contributed by atoms with Gasteiger partial charge in [0, 0.05) is 19.7 Å². The summed E-state index contributed by atoms with van der Waals surface area (Å²) in [4.78, 5) is 3.83. The summed E-state index contributed by atoms with van der Waals surface area (Å²) in [7, 11) is 3.06. The summed E-state index contributed by atoms with van der Waals surface area (Å²) >= 11 is 0. The number of hydrogen-bond donors (Lipinski definition) is 2. The lowest BCUT2D eigenvalue weighted by Crippen LogP contribution is -2.40. The highest BCUT2D eigenvalue weighted by molar-refractivity contribution is 5.79. The molecule has 0 bridgehead atoms. The second-order valence-corrected chi connectivity index (χ2v) is 4.32. The third-order valence-corrected chi connectivity index (χ3v) is 2.63. The first-order valence-corrected chi connectivity index (χ1v) is 6.72. The van der Waals surface area contributed by atoms with Crippen LogP contribution in [0.4, 0.5) is 13.2 Å². The lowest BCUT2D eigenvalue weighted by molar-refractivity contribution is -0.132. The first-order chi connectivity index (χ1) is 10.4. The van der Waals surface area contributed by atoms with Gasteiger partial charge in [0.05, 0.1) is 20.1 Å². The Morgan fingerprint density at radius 3 is 2.50 bits per heavy atom. The highest BCUT2D eigenvalue weighted by Gasteiger charge is 2.26. The van der Waals surface area contributed by atoms with E-state index >= 15 is 0 Å². The van der Waals surface area contributed by atoms with E-state index in [4.69, 9.17) is 9.47 Å². The van der Waals surface area contributed by atoms with Crippen molar-refractivity contribution in [3.05, 3.63) is 24.3 Å². The van der Waals surface area contributed by atoms with E-state index in [0.717, 1.165) is 0 Å². The quantitative estimate of drug-likeness (QED) is 0.459. The van der Waals surface area contributed by atoms with E-state index in [1.165, 1.54) is 7.05 Å². The lowest BCUT2D eigenvalue weighted by atomic mass is 10.3. The third kappa shape index (κ3) is 7.61. The van der Waals surface area contributed by atoms with Gasteiger partial charge in [0.2, 0.25) is 0 Å². The summed E-state index contributed by atoms with van der Waals surface area (Å²) in [6.45, 7) is 0.524. The minimum absolute atomic E-state index is 0.222. The Labute approximate surface area is 127 Å². The van der Waals surface area contributed by atoms with Crippen molar-refractivity contribution in [2.75, 3.05) is 33.9 Å². The number of rotatable bonds is 7. The topological polar surface area (TPSA) is 54.9 Å². The Morgan fingerprint density at radius 1 is 1.18 bits per heavy atom. The molecule has 0 heterocycles. The Bertz CT molecular complexity index is 479. The number of nitrogens with one attached hydrogen (secondary N) is 2. The molecule has 0 radical (unpaired) electrons. The van der Waals surface area contributed by atoms with Gasteiger partial charge in [0.1, 0.15) is 18.1 Å². The normalized spacial score (nSPS) is 12.0. The molecule has 8 heteroatoms. The molecule has 1 rings (SSSR count). The SMILES string of the molecule is CN=C(NCCOc1cccc(OC)c1)NCCC(F)(F)F. The van der Waals surface area contributed by atoms with Crippen LogP contribution in [-0.2, 0) is 0 Å². The molecule has 0 saturated carbocycles. The minimum Gasteiger partial charge on any atom is -0.497 e. The van der Waals surface area contributed by atoms with Gasteiger partial charge in [-0.15, -0.1) is 0 Å². The molecule has 0 fully saturated rings. The van der Waals surface area contributed by atoms with Gasteiger partial charge in [-0.1, -0.05) is 6.07 Å².